The third-order valence-corrected chi connectivity index (χ3v) is 8.38. The van der Waals surface area contributed by atoms with Gasteiger partial charge in [0.05, 0.1) is 0 Å². The largest absolute Gasteiger partial charge is 0.316 e. The molecule has 2 spiro atoms. The molecular weight excluding hydrogens is 268 g/mol. The Morgan fingerprint density at radius 3 is 1.67 bits per heavy atom. The number of rotatable bonds is 0. The van der Waals surface area contributed by atoms with Crippen molar-refractivity contribution in [1.82, 2.24) is 9.80 Å². The molecule has 5 fully saturated rings. The van der Waals surface area contributed by atoms with Crippen LogP contribution in [0.5, 0.6) is 0 Å². The average Bonchev–Trinajstić information content (AvgIpc) is 2.42. The molecule has 0 aromatic heterocycles. The highest BCUT2D eigenvalue weighted by Crippen LogP contribution is 2.63. The van der Waals surface area contributed by atoms with E-state index in [0.29, 0.717) is 0 Å². The molecule has 0 aliphatic carbocycles. The SMILES string of the molecule is O=C1N2CCCC[C@@]23SS[C@@]12CCCCN2C3=O. The van der Waals surface area contributed by atoms with Crippen LogP contribution in [-0.4, -0.2) is 44.4 Å². The Bertz CT molecular complexity index is 404. The predicted molar refractivity (Wildman–Crippen MR) is 71.8 cm³/mol. The number of fused-ring (bicyclic) bond motifs is 1. The van der Waals surface area contributed by atoms with E-state index in [2.05, 4.69) is 0 Å². The Hall–Kier alpha value is -0.360. The molecule has 5 aliphatic rings. The maximum atomic E-state index is 12.8. The molecule has 0 unspecified atom stereocenters. The Morgan fingerprint density at radius 1 is 0.778 bits per heavy atom. The Kier molecular flexibility index (Phi) is 2.29. The fourth-order valence-corrected chi connectivity index (χ4v) is 7.60. The first-order valence-electron chi connectivity index (χ1n) is 6.72. The van der Waals surface area contributed by atoms with Crippen LogP contribution in [0.15, 0.2) is 0 Å². The van der Waals surface area contributed by atoms with Crippen molar-refractivity contribution >= 4 is 33.4 Å². The normalized spacial score (nSPS) is 42.9. The Morgan fingerprint density at radius 2 is 1.22 bits per heavy atom. The number of hydrogen-bond donors (Lipinski definition) is 0. The number of amides is 2. The van der Waals surface area contributed by atoms with Crippen LogP contribution in [0.25, 0.3) is 0 Å². The summed E-state index contributed by atoms with van der Waals surface area (Å²) in [6, 6.07) is 0. The van der Waals surface area contributed by atoms with E-state index in [1.807, 2.05) is 9.80 Å². The Balaban J connectivity index is 1.85. The zero-order valence-electron chi connectivity index (χ0n) is 10.2. The van der Waals surface area contributed by atoms with E-state index >= 15 is 0 Å². The number of carbonyl (C=O) groups excluding carboxylic acids is 2. The summed E-state index contributed by atoms with van der Waals surface area (Å²) in [5.74, 6) is 0.426. The summed E-state index contributed by atoms with van der Waals surface area (Å²) >= 11 is 0. The second kappa shape index (κ2) is 3.60. The molecule has 2 atom stereocenters. The Labute approximate surface area is 114 Å². The molecule has 0 aromatic rings. The van der Waals surface area contributed by atoms with Gasteiger partial charge in [-0.15, -0.1) is 0 Å². The van der Waals surface area contributed by atoms with Crippen LogP contribution in [0.2, 0.25) is 0 Å². The lowest BCUT2D eigenvalue weighted by Crippen LogP contribution is -2.78. The monoisotopic (exact) mass is 284 g/mol. The topological polar surface area (TPSA) is 40.6 Å². The molecule has 5 saturated heterocycles. The minimum atomic E-state index is -0.556. The van der Waals surface area contributed by atoms with Crippen molar-refractivity contribution in [3.8, 4) is 0 Å². The summed E-state index contributed by atoms with van der Waals surface area (Å²) in [7, 11) is 3.33. The fraction of sp³-hybridized carbons (Fsp3) is 0.833. The summed E-state index contributed by atoms with van der Waals surface area (Å²) in [5.41, 5.74) is 0. The first kappa shape index (κ1) is 11.5. The average molecular weight is 284 g/mol. The van der Waals surface area contributed by atoms with Crippen molar-refractivity contribution in [2.75, 3.05) is 13.1 Å². The standard InChI is InChI=1S/C12H16N2O2S2/c15-9-11-5-1-3-7-13(11)10(16)12(18-17-11)6-2-4-8-14(9)12/h1-8H2/t11-,12-/m0/s1. The zero-order valence-corrected chi connectivity index (χ0v) is 11.8. The highest BCUT2D eigenvalue weighted by Gasteiger charge is 2.69. The van der Waals surface area contributed by atoms with Gasteiger partial charge in [-0.3, -0.25) is 9.59 Å². The minimum Gasteiger partial charge on any atom is -0.316 e. The van der Waals surface area contributed by atoms with Crippen molar-refractivity contribution in [2.45, 2.75) is 48.3 Å². The van der Waals surface area contributed by atoms with E-state index in [0.717, 1.165) is 51.6 Å². The van der Waals surface area contributed by atoms with Gasteiger partial charge in [-0.1, -0.05) is 21.6 Å². The van der Waals surface area contributed by atoms with Gasteiger partial charge in [-0.25, -0.2) is 0 Å². The first-order chi connectivity index (χ1) is 8.71. The lowest BCUT2D eigenvalue weighted by molar-refractivity contribution is -0.171. The van der Waals surface area contributed by atoms with Crippen LogP contribution >= 0.6 is 21.6 Å². The minimum absolute atomic E-state index is 0.213. The van der Waals surface area contributed by atoms with E-state index in [9.17, 15) is 9.59 Å². The molecule has 2 amide bonds. The van der Waals surface area contributed by atoms with Gasteiger partial charge in [0, 0.05) is 13.1 Å². The third-order valence-electron chi connectivity index (χ3n) is 4.64. The molecule has 4 nitrogen and oxygen atoms in total. The maximum absolute atomic E-state index is 12.8. The van der Waals surface area contributed by atoms with Crippen LogP contribution in [0.1, 0.15) is 38.5 Å². The molecular formula is C12H16N2O2S2. The summed E-state index contributed by atoms with van der Waals surface area (Å²) < 4.78 is 0. The van der Waals surface area contributed by atoms with Crippen LogP contribution in [-0.2, 0) is 9.59 Å². The van der Waals surface area contributed by atoms with Crippen molar-refractivity contribution in [2.24, 2.45) is 0 Å². The number of carbonyl (C=O) groups is 2. The molecule has 0 aromatic carbocycles. The van der Waals surface area contributed by atoms with Crippen LogP contribution < -0.4 is 0 Å². The molecule has 5 heterocycles. The van der Waals surface area contributed by atoms with Gasteiger partial charge >= 0.3 is 0 Å². The number of piperidine rings is 2. The highest BCUT2D eigenvalue weighted by molar-refractivity contribution is 8.78. The van der Waals surface area contributed by atoms with Crippen LogP contribution in [0, 0.1) is 0 Å². The van der Waals surface area contributed by atoms with Gasteiger partial charge in [-0.05, 0) is 38.5 Å². The van der Waals surface area contributed by atoms with E-state index < -0.39 is 9.74 Å². The van der Waals surface area contributed by atoms with Gasteiger partial charge in [0.1, 0.15) is 0 Å². The summed E-state index contributed by atoms with van der Waals surface area (Å²) in [6.45, 7) is 1.54. The molecule has 6 heteroatoms. The maximum Gasteiger partial charge on any atom is 0.261 e. The quantitative estimate of drug-likeness (QED) is 0.636. The number of hydrogen-bond acceptors (Lipinski definition) is 4. The molecule has 2 bridgehead atoms. The first-order valence-corrected chi connectivity index (χ1v) is 8.87. The summed E-state index contributed by atoms with van der Waals surface area (Å²) in [4.78, 5) is 28.3. The fourth-order valence-electron chi connectivity index (χ4n) is 3.68. The molecule has 0 N–H and O–H groups in total. The second-order valence-electron chi connectivity index (χ2n) is 5.56. The van der Waals surface area contributed by atoms with Gasteiger partial charge in [0.2, 0.25) is 0 Å². The highest BCUT2D eigenvalue weighted by atomic mass is 33.1. The lowest BCUT2D eigenvalue weighted by atomic mass is 9.89. The number of piperazine rings is 1. The van der Waals surface area contributed by atoms with Gasteiger partial charge in [0.15, 0.2) is 9.74 Å². The zero-order chi connectivity index (χ0) is 12.4. The van der Waals surface area contributed by atoms with Gasteiger partial charge in [-0.2, -0.15) is 0 Å². The third kappa shape index (κ3) is 1.12. The van der Waals surface area contributed by atoms with Crippen LogP contribution in [0.4, 0.5) is 0 Å². The van der Waals surface area contributed by atoms with Crippen LogP contribution in [0.3, 0.4) is 0 Å². The predicted octanol–water partition coefficient (Wildman–Crippen LogP) is 1.81. The molecule has 0 saturated carbocycles. The lowest BCUT2D eigenvalue weighted by Gasteiger charge is -2.63. The van der Waals surface area contributed by atoms with Crippen molar-refractivity contribution in [3.05, 3.63) is 0 Å². The van der Waals surface area contributed by atoms with Gasteiger partial charge in [0.25, 0.3) is 11.8 Å². The van der Waals surface area contributed by atoms with E-state index in [1.54, 1.807) is 21.6 Å². The van der Waals surface area contributed by atoms with Gasteiger partial charge < -0.3 is 9.80 Å². The molecule has 18 heavy (non-hydrogen) atoms. The van der Waals surface area contributed by atoms with Crippen molar-refractivity contribution in [3.63, 3.8) is 0 Å². The van der Waals surface area contributed by atoms with Crippen molar-refractivity contribution in [1.29, 1.82) is 0 Å². The molecule has 5 aliphatic heterocycles. The molecule has 0 radical (unpaired) electrons. The summed E-state index contributed by atoms with van der Waals surface area (Å²) in [5, 5.41) is 0. The second-order valence-corrected chi connectivity index (χ2v) is 8.25. The van der Waals surface area contributed by atoms with E-state index in [1.165, 1.54) is 0 Å². The van der Waals surface area contributed by atoms with E-state index in [-0.39, 0.29) is 11.8 Å². The number of nitrogens with zero attached hydrogens (tertiary/aromatic N) is 2. The van der Waals surface area contributed by atoms with Crippen molar-refractivity contribution < 1.29 is 9.59 Å². The molecule has 98 valence electrons. The smallest absolute Gasteiger partial charge is 0.261 e. The summed E-state index contributed by atoms with van der Waals surface area (Å²) in [6.07, 6.45) is 5.88. The molecule has 5 rings (SSSR count). The van der Waals surface area contributed by atoms with E-state index in [4.69, 9.17) is 0 Å².